The molecular formula is C26H26N6O3. The van der Waals surface area contributed by atoms with Gasteiger partial charge in [0.25, 0.3) is 0 Å². The van der Waals surface area contributed by atoms with E-state index in [-0.39, 0.29) is 24.3 Å². The number of nitrogens with one attached hydrogen (secondary N) is 1. The highest BCUT2D eigenvalue weighted by atomic mass is 16.4. The average molecular weight is 471 g/mol. The zero-order valence-electron chi connectivity index (χ0n) is 19.5. The Morgan fingerprint density at radius 2 is 1.86 bits per heavy atom. The number of carboxylic acid groups (broad SMARTS) is 1. The van der Waals surface area contributed by atoms with Crippen molar-refractivity contribution in [3.05, 3.63) is 60.2 Å². The van der Waals surface area contributed by atoms with Crippen molar-refractivity contribution in [2.24, 2.45) is 11.8 Å². The van der Waals surface area contributed by atoms with Crippen LogP contribution in [0.3, 0.4) is 0 Å². The molecule has 0 unspecified atom stereocenters. The zero-order chi connectivity index (χ0) is 24.5. The van der Waals surface area contributed by atoms with Crippen molar-refractivity contribution in [3.63, 3.8) is 0 Å². The van der Waals surface area contributed by atoms with E-state index < -0.39 is 12.0 Å². The van der Waals surface area contributed by atoms with E-state index in [1.54, 1.807) is 0 Å². The second-order valence-corrected chi connectivity index (χ2v) is 9.27. The Morgan fingerprint density at radius 3 is 2.51 bits per heavy atom. The van der Waals surface area contributed by atoms with Crippen LogP contribution in [0.2, 0.25) is 0 Å². The Hall–Kier alpha value is -4.14. The number of rotatable bonds is 8. The van der Waals surface area contributed by atoms with Crippen molar-refractivity contribution >= 4 is 22.8 Å². The van der Waals surface area contributed by atoms with Gasteiger partial charge in [0.2, 0.25) is 11.7 Å². The number of hydrogen-bond donors (Lipinski definition) is 2. The van der Waals surface area contributed by atoms with Crippen LogP contribution in [0, 0.1) is 11.8 Å². The van der Waals surface area contributed by atoms with Crippen LogP contribution in [0.25, 0.3) is 33.5 Å². The number of aromatic nitrogens is 5. The minimum absolute atomic E-state index is 0.0560. The summed E-state index contributed by atoms with van der Waals surface area (Å²) in [6.45, 7) is 3.93. The maximum Gasteiger partial charge on any atom is 0.326 e. The second kappa shape index (κ2) is 9.25. The molecule has 9 heteroatoms. The molecule has 5 rings (SSSR count). The number of aromatic amines is 1. The Bertz CT molecular complexity index is 1380. The molecule has 0 spiro atoms. The molecule has 1 saturated carbocycles. The lowest BCUT2D eigenvalue weighted by atomic mass is 10.00. The monoisotopic (exact) mass is 470 g/mol. The summed E-state index contributed by atoms with van der Waals surface area (Å²) in [5, 5.41) is 25.1. The van der Waals surface area contributed by atoms with Gasteiger partial charge in [-0.3, -0.25) is 4.79 Å². The van der Waals surface area contributed by atoms with Gasteiger partial charge in [0.1, 0.15) is 6.04 Å². The fraction of sp³-hybridized carbons (Fsp3) is 0.308. The van der Waals surface area contributed by atoms with Crippen molar-refractivity contribution in [2.75, 3.05) is 0 Å². The smallest absolute Gasteiger partial charge is 0.326 e. The molecule has 2 heterocycles. The lowest BCUT2D eigenvalue weighted by Crippen LogP contribution is -2.48. The molecule has 2 N–H and O–H groups in total. The summed E-state index contributed by atoms with van der Waals surface area (Å²) in [7, 11) is 0. The van der Waals surface area contributed by atoms with E-state index in [9.17, 15) is 14.7 Å². The summed E-state index contributed by atoms with van der Waals surface area (Å²) in [5.74, 6) is -0.797. The molecule has 0 saturated heterocycles. The molecule has 2 aromatic carbocycles. The molecule has 2 aromatic heterocycles. The van der Waals surface area contributed by atoms with Gasteiger partial charge in [0.15, 0.2) is 0 Å². The Labute approximate surface area is 202 Å². The van der Waals surface area contributed by atoms with Crippen LogP contribution in [0.1, 0.15) is 32.3 Å². The molecule has 178 valence electrons. The number of nitrogens with zero attached hydrogens (tertiary/aromatic N) is 5. The number of amides is 1. The van der Waals surface area contributed by atoms with E-state index in [2.05, 4.69) is 20.6 Å². The van der Waals surface area contributed by atoms with Gasteiger partial charge in [-0.1, -0.05) is 50.2 Å². The third kappa shape index (κ3) is 4.62. The number of pyridine rings is 1. The first-order valence-corrected chi connectivity index (χ1v) is 11.7. The standard InChI is InChI=1S/C26H26N6O3/c1-15(2)23(26(34)35)32(25(33)17-8-9-17)14-16-7-11-21-18(13-16)10-12-22(27-21)19-5-3-4-6-20(19)24-28-30-31-29-24/h3-7,10-13,15,17,23H,8-9,14H2,1-2H3,(H,34,35)(H,28,29,30,31)/t23-/m0/s1. The Balaban J connectivity index is 1.46. The maximum absolute atomic E-state index is 13.0. The first-order chi connectivity index (χ1) is 16.9. The van der Waals surface area contributed by atoms with Crippen LogP contribution in [-0.4, -0.2) is 53.5 Å². The summed E-state index contributed by atoms with van der Waals surface area (Å²) in [4.78, 5) is 31.4. The molecule has 9 nitrogen and oxygen atoms in total. The summed E-state index contributed by atoms with van der Waals surface area (Å²) < 4.78 is 0. The fourth-order valence-corrected chi connectivity index (χ4v) is 4.45. The quantitative estimate of drug-likeness (QED) is 0.400. The van der Waals surface area contributed by atoms with E-state index in [1.165, 1.54) is 4.90 Å². The maximum atomic E-state index is 13.0. The number of benzene rings is 2. The van der Waals surface area contributed by atoms with E-state index in [0.29, 0.717) is 5.82 Å². The number of hydrogen-bond acceptors (Lipinski definition) is 6. The van der Waals surface area contributed by atoms with Crippen LogP contribution >= 0.6 is 0 Å². The molecule has 4 aromatic rings. The molecule has 1 atom stereocenters. The number of fused-ring (bicyclic) bond motifs is 1. The lowest BCUT2D eigenvalue weighted by Gasteiger charge is -2.32. The summed E-state index contributed by atoms with van der Waals surface area (Å²) in [5.41, 5.74) is 4.17. The highest BCUT2D eigenvalue weighted by Gasteiger charge is 2.39. The molecule has 1 aliphatic rings. The van der Waals surface area contributed by atoms with Crippen molar-refractivity contribution in [1.82, 2.24) is 30.5 Å². The third-order valence-electron chi connectivity index (χ3n) is 6.33. The fourth-order valence-electron chi connectivity index (χ4n) is 4.45. The van der Waals surface area contributed by atoms with Gasteiger partial charge < -0.3 is 10.0 Å². The Kier molecular flexibility index (Phi) is 5.98. The molecule has 0 radical (unpaired) electrons. The van der Waals surface area contributed by atoms with Gasteiger partial charge in [0, 0.05) is 29.0 Å². The summed E-state index contributed by atoms with van der Waals surface area (Å²) in [6, 6.07) is 16.6. The summed E-state index contributed by atoms with van der Waals surface area (Å²) in [6.07, 6.45) is 1.66. The van der Waals surface area contributed by atoms with Gasteiger partial charge in [-0.2, -0.15) is 5.21 Å². The third-order valence-corrected chi connectivity index (χ3v) is 6.33. The largest absolute Gasteiger partial charge is 0.480 e. The first-order valence-electron chi connectivity index (χ1n) is 11.7. The van der Waals surface area contributed by atoms with Gasteiger partial charge in [-0.25, -0.2) is 9.78 Å². The average Bonchev–Trinajstić information content (AvgIpc) is 3.56. The number of carboxylic acids is 1. The molecule has 1 fully saturated rings. The van der Waals surface area contributed by atoms with Crippen molar-refractivity contribution in [2.45, 2.75) is 39.3 Å². The highest BCUT2D eigenvalue weighted by Crippen LogP contribution is 2.34. The second-order valence-electron chi connectivity index (χ2n) is 9.27. The van der Waals surface area contributed by atoms with Gasteiger partial charge in [0.05, 0.1) is 11.2 Å². The zero-order valence-corrected chi connectivity index (χ0v) is 19.5. The van der Waals surface area contributed by atoms with Crippen LogP contribution < -0.4 is 0 Å². The van der Waals surface area contributed by atoms with Crippen LogP contribution in [0.5, 0.6) is 0 Å². The van der Waals surface area contributed by atoms with Crippen molar-refractivity contribution in [3.8, 4) is 22.6 Å². The van der Waals surface area contributed by atoms with Gasteiger partial charge in [-0.15, -0.1) is 10.2 Å². The molecular weight excluding hydrogens is 444 g/mol. The van der Waals surface area contributed by atoms with Crippen molar-refractivity contribution < 1.29 is 14.7 Å². The highest BCUT2D eigenvalue weighted by molar-refractivity contribution is 5.88. The van der Waals surface area contributed by atoms with Crippen LogP contribution in [-0.2, 0) is 16.1 Å². The van der Waals surface area contributed by atoms with E-state index >= 15 is 0 Å². The molecule has 0 bridgehead atoms. The predicted octanol–water partition coefficient (Wildman–Crippen LogP) is 3.93. The normalized spacial score (nSPS) is 14.3. The van der Waals surface area contributed by atoms with Crippen molar-refractivity contribution in [1.29, 1.82) is 0 Å². The minimum atomic E-state index is -0.971. The van der Waals surface area contributed by atoms with E-state index in [1.807, 2.05) is 68.4 Å². The van der Waals surface area contributed by atoms with E-state index in [4.69, 9.17) is 4.98 Å². The predicted molar refractivity (Wildman–Crippen MR) is 130 cm³/mol. The van der Waals surface area contributed by atoms with E-state index in [0.717, 1.165) is 46.1 Å². The topological polar surface area (TPSA) is 125 Å². The Morgan fingerprint density at radius 1 is 1.09 bits per heavy atom. The lowest BCUT2D eigenvalue weighted by molar-refractivity contribution is -0.153. The van der Waals surface area contributed by atoms with Crippen LogP contribution in [0.4, 0.5) is 0 Å². The number of aliphatic carboxylic acids is 1. The van der Waals surface area contributed by atoms with Gasteiger partial charge >= 0.3 is 5.97 Å². The number of H-pyrrole nitrogens is 1. The number of tetrazole rings is 1. The van der Waals surface area contributed by atoms with Crippen LogP contribution in [0.15, 0.2) is 54.6 Å². The molecule has 1 aliphatic carbocycles. The summed E-state index contributed by atoms with van der Waals surface area (Å²) >= 11 is 0. The number of carbonyl (C=O) groups is 2. The minimum Gasteiger partial charge on any atom is -0.480 e. The van der Waals surface area contributed by atoms with Gasteiger partial charge in [-0.05, 0) is 47.7 Å². The first kappa shape index (κ1) is 22.6. The number of carbonyl (C=O) groups excluding carboxylic acids is 1. The SMILES string of the molecule is CC(C)[C@@H](C(=O)O)N(Cc1ccc2nc(-c3ccccc3-c3nn[nH]n3)ccc2c1)C(=O)C1CC1. The molecule has 1 amide bonds. The molecule has 0 aliphatic heterocycles. The molecule has 35 heavy (non-hydrogen) atoms.